The molecule has 0 saturated carbocycles. The second-order valence-electron chi connectivity index (χ2n) is 5.28. The summed E-state index contributed by atoms with van der Waals surface area (Å²) in [6, 6.07) is 1.46. The van der Waals surface area contributed by atoms with Crippen molar-refractivity contribution >= 4 is 23.5 Å². The number of carbonyl (C=O) groups excluding carboxylic acids is 3. The first-order chi connectivity index (χ1) is 10.4. The molecule has 4 amide bonds. The van der Waals surface area contributed by atoms with Crippen molar-refractivity contribution in [2.45, 2.75) is 12.8 Å². The van der Waals surface area contributed by atoms with E-state index in [1.54, 1.807) is 4.90 Å². The number of rotatable bonds is 2. The zero-order valence-corrected chi connectivity index (χ0v) is 11.8. The van der Waals surface area contributed by atoms with Crippen LogP contribution in [0.1, 0.15) is 12.0 Å². The smallest absolute Gasteiger partial charge is 0.335 e. The number of hydrogen-bond donors (Lipinski definition) is 0. The summed E-state index contributed by atoms with van der Waals surface area (Å²) in [5, 5.41) is 0. The van der Waals surface area contributed by atoms with Gasteiger partial charge in [0.25, 0.3) is 0 Å². The van der Waals surface area contributed by atoms with Crippen LogP contribution in [0.25, 0.3) is 0 Å². The van der Waals surface area contributed by atoms with Crippen LogP contribution in [-0.2, 0) is 16.0 Å². The Kier molecular flexibility index (Phi) is 3.31. The van der Waals surface area contributed by atoms with E-state index < -0.39 is 29.5 Å². The van der Waals surface area contributed by atoms with Gasteiger partial charge in [0.05, 0.1) is 0 Å². The molecule has 0 bridgehead atoms. The number of anilines is 1. The van der Waals surface area contributed by atoms with Gasteiger partial charge < -0.3 is 4.90 Å². The number of benzene rings is 1. The van der Waals surface area contributed by atoms with Crippen LogP contribution in [0.15, 0.2) is 12.1 Å². The van der Waals surface area contributed by atoms with Crippen molar-refractivity contribution in [1.82, 2.24) is 9.80 Å². The zero-order chi connectivity index (χ0) is 16.0. The number of hydrogen-bond acceptors (Lipinski definition) is 4. The first-order valence-corrected chi connectivity index (χ1v) is 6.76. The third-order valence-corrected chi connectivity index (χ3v) is 3.90. The molecule has 2 aliphatic heterocycles. The minimum Gasteiger partial charge on any atom is -0.353 e. The lowest BCUT2D eigenvalue weighted by Crippen LogP contribution is -2.44. The van der Waals surface area contributed by atoms with E-state index in [9.17, 15) is 23.2 Å². The summed E-state index contributed by atoms with van der Waals surface area (Å²) in [6.45, 7) is 0.318. The van der Waals surface area contributed by atoms with Crippen molar-refractivity contribution in [3.05, 3.63) is 29.3 Å². The van der Waals surface area contributed by atoms with E-state index in [4.69, 9.17) is 0 Å². The molecule has 1 saturated heterocycles. The van der Waals surface area contributed by atoms with E-state index in [1.165, 1.54) is 7.05 Å². The van der Waals surface area contributed by atoms with Crippen molar-refractivity contribution in [3.8, 4) is 0 Å². The molecule has 0 N–H and O–H groups in total. The summed E-state index contributed by atoms with van der Waals surface area (Å²) < 4.78 is 26.8. The Hall–Kier alpha value is -2.51. The maximum Gasteiger partial charge on any atom is 0.335 e. The highest BCUT2D eigenvalue weighted by molar-refractivity contribution is 6.44. The second-order valence-corrected chi connectivity index (χ2v) is 5.28. The number of halogens is 2. The predicted octanol–water partition coefficient (Wildman–Crippen LogP) is 1.10. The highest BCUT2D eigenvalue weighted by Gasteiger charge is 2.43. The summed E-state index contributed by atoms with van der Waals surface area (Å²) in [5.74, 6) is -3.73. The van der Waals surface area contributed by atoms with Gasteiger partial charge in [0, 0.05) is 25.3 Å². The molecular formula is C14H13F2N3O3. The average Bonchev–Trinajstić information content (AvgIpc) is 2.67. The van der Waals surface area contributed by atoms with E-state index in [0.717, 1.165) is 21.9 Å². The van der Waals surface area contributed by atoms with E-state index >= 15 is 0 Å². The molecule has 0 unspecified atom stereocenters. The van der Waals surface area contributed by atoms with Gasteiger partial charge in [0.1, 0.15) is 6.67 Å². The Balaban J connectivity index is 1.90. The monoisotopic (exact) mass is 309 g/mol. The van der Waals surface area contributed by atoms with Gasteiger partial charge in [0.2, 0.25) is 0 Å². The predicted molar refractivity (Wildman–Crippen MR) is 71.9 cm³/mol. The van der Waals surface area contributed by atoms with Crippen LogP contribution < -0.4 is 4.90 Å². The normalized spacial score (nSPS) is 18.3. The fourth-order valence-electron chi connectivity index (χ4n) is 2.71. The minimum atomic E-state index is -0.988. The molecule has 2 heterocycles. The number of fused-ring (bicyclic) bond motifs is 1. The third-order valence-electron chi connectivity index (χ3n) is 3.90. The lowest BCUT2D eigenvalue weighted by molar-refractivity contribution is -0.142. The van der Waals surface area contributed by atoms with Gasteiger partial charge in [-0.15, -0.1) is 0 Å². The molecule has 3 rings (SSSR count). The quantitative estimate of drug-likeness (QED) is 0.606. The molecule has 1 aromatic carbocycles. The maximum absolute atomic E-state index is 13.5. The van der Waals surface area contributed by atoms with E-state index in [0.29, 0.717) is 30.6 Å². The van der Waals surface area contributed by atoms with E-state index in [1.807, 2.05) is 0 Å². The Labute approximate surface area is 124 Å². The zero-order valence-electron chi connectivity index (χ0n) is 11.8. The highest BCUT2D eigenvalue weighted by atomic mass is 19.2. The first-order valence-electron chi connectivity index (χ1n) is 6.76. The molecule has 2 aliphatic rings. The largest absolute Gasteiger partial charge is 0.353 e. The van der Waals surface area contributed by atoms with Crippen LogP contribution >= 0.6 is 0 Å². The fraction of sp³-hybridized carbons (Fsp3) is 0.357. The molecule has 8 heteroatoms. The Bertz CT molecular complexity index is 692. The van der Waals surface area contributed by atoms with Crippen molar-refractivity contribution in [3.63, 3.8) is 0 Å². The third kappa shape index (κ3) is 2.11. The Morgan fingerprint density at radius 2 is 1.77 bits per heavy atom. The standard InChI is InChI=1S/C14H13F2N3O3/c1-17-12(20)13(21)19(14(17)22)7-18-4-2-3-8-5-9(15)10(16)6-11(8)18/h5-6H,2-4,7H2,1H3. The Morgan fingerprint density at radius 3 is 2.41 bits per heavy atom. The van der Waals surface area contributed by atoms with E-state index in [-0.39, 0.29) is 6.67 Å². The van der Waals surface area contributed by atoms with Gasteiger partial charge in [-0.05, 0) is 24.5 Å². The summed E-state index contributed by atoms with van der Waals surface area (Å²) in [7, 11) is 1.22. The van der Waals surface area contributed by atoms with Crippen molar-refractivity contribution in [1.29, 1.82) is 0 Å². The molecule has 6 nitrogen and oxygen atoms in total. The van der Waals surface area contributed by atoms with Crippen LogP contribution in [0.3, 0.4) is 0 Å². The number of carbonyl (C=O) groups is 3. The summed E-state index contributed by atoms with van der Waals surface area (Å²) in [6.07, 6.45) is 1.27. The molecular weight excluding hydrogens is 296 g/mol. The number of aryl methyl sites for hydroxylation is 1. The van der Waals surface area contributed by atoms with Crippen molar-refractivity contribution in [2.75, 3.05) is 25.2 Å². The molecule has 1 aromatic rings. The topological polar surface area (TPSA) is 60.9 Å². The molecule has 116 valence electrons. The summed E-state index contributed by atoms with van der Waals surface area (Å²) in [5.41, 5.74) is 1.05. The summed E-state index contributed by atoms with van der Waals surface area (Å²) >= 11 is 0. The van der Waals surface area contributed by atoms with Gasteiger partial charge in [-0.2, -0.15) is 0 Å². The van der Waals surface area contributed by atoms with E-state index in [2.05, 4.69) is 0 Å². The van der Waals surface area contributed by atoms with Crippen molar-refractivity contribution in [2.24, 2.45) is 0 Å². The lowest BCUT2D eigenvalue weighted by atomic mass is 10.0. The molecule has 22 heavy (non-hydrogen) atoms. The van der Waals surface area contributed by atoms with Gasteiger partial charge in [-0.25, -0.2) is 18.5 Å². The van der Waals surface area contributed by atoms with Gasteiger partial charge in [-0.3, -0.25) is 14.5 Å². The number of imide groups is 2. The van der Waals surface area contributed by atoms with Crippen LogP contribution in [0.2, 0.25) is 0 Å². The summed E-state index contributed by atoms with van der Waals surface area (Å²) in [4.78, 5) is 38.3. The molecule has 0 aromatic heterocycles. The number of nitrogens with zero attached hydrogens (tertiary/aromatic N) is 3. The number of amides is 4. The molecule has 0 atom stereocenters. The first kappa shape index (κ1) is 14.4. The maximum atomic E-state index is 13.5. The Morgan fingerprint density at radius 1 is 1.09 bits per heavy atom. The number of urea groups is 1. The molecule has 1 fully saturated rings. The lowest BCUT2D eigenvalue weighted by Gasteiger charge is -2.33. The SMILES string of the molecule is CN1C(=O)C(=O)N(CN2CCCc3cc(F)c(F)cc32)C1=O. The van der Waals surface area contributed by atoms with Crippen LogP contribution in [0.4, 0.5) is 19.3 Å². The highest BCUT2D eigenvalue weighted by Crippen LogP contribution is 2.30. The van der Waals surface area contributed by atoms with Crippen LogP contribution in [-0.4, -0.2) is 47.9 Å². The average molecular weight is 309 g/mol. The van der Waals surface area contributed by atoms with Gasteiger partial charge in [0.15, 0.2) is 11.6 Å². The minimum absolute atomic E-state index is 0.161. The fourth-order valence-corrected chi connectivity index (χ4v) is 2.71. The van der Waals surface area contributed by atoms with Gasteiger partial charge >= 0.3 is 17.8 Å². The molecule has 0 aliphatic carbocycles. The van der Waals surface area contributed by atoms with Crippen LogP contribution in [0.5, 0.6) is 0 Å². The molecule has 0 radical (unpaired) electrons. The number of likely N-dealkylation sites (N-methyl/N-ethyl adjacent to an activating group) is 1. The van der Waals surface area contributed by atoms with Crippen molar-refractivity contribution < 1.29 is 23.2 Å². The van der Waals surface area contributed by atoms with Crippen LogP contribution in [0, 0.1) is 11.6 Å². The second kappa shape index (κ2) is 5.04. The van der Waals surface area contributed by atoms with Gasteiger partial charge in [-0.1, -0.05) is 0 Å². The molecule has 0 spiro atoms.